The van der Waals surface area contributed by atoms with E-state index in [1.165, 1.54) is 11.0 Å². The standard InChI is InChI=1S/C13H9N7/c14-3-1-10(5-15)20-7-9(6-19-20)12-11-2-4-16-13(11)18-8-17-12/h2,4,6-8,10H,1H2,(H,16,17,18). The number of hydrogen-bond acceptors (Lipinski definition) is 5. The van der Waals surface area contributed by atoms with Crippen molar-refractivity contribution in [3.8, 4) is 23.4 Å². The van der Waals surface area contributed by atoms with Crippen LogP contribution in [0.2, 0.25) is 0 Å². The minimum absolute atomic E-state index is 0.0982. The van der Waals surface area contributed by atoms with Gasteiger partial charge in [0.1, 0.15) is 12.0 Å². The first kappa shape index (κ1) is 11.9. The Labute approximate surface area is 114 Å². The Morgan fingerprint density at radius 2 is 2.25 bits per heavy atom. The van der Waals surface area contributed by atoms with Crippen LogP contribution in [0.15, 0.2) is 31.0 Å². The molecule has 0 fully saturated rings. The molecule has 0 radical (unpaired) electrons. The summed E-state index contributed by atoms with van der Waals surface area (Å²) in [5, 5.41) is 22.8. The summed E-state index contributed by atoms with van der Waals surface area (Å²) >= 11 is 0. The molecule has 0 aliphatic carbocycles. The lowest BCUT2D eigenvalue weighted by molar-refractivity contribution is 0.558. The van der Waals surface area contributed by atoms with Gasteiger partial charge >= 0.3 is 0 Å². The predicted octanol–water partition coefficient (Wildman–Crippen LogP) is 1.80. The van der Waals surface area contributed by atoms with Crippen molar-refractivity contribution in [1.82, 2.24) is 24.7 Å². The van der Waals surface area contributed by atoms with E-state index in [0.29, 0.717) is 0 Å². The molecule has 3 rings (SSSR count). The lowest BCUT2D eigenvalue weighted by atomic mass is 10.2. The van der Waals surface area contributed by atoms with E-state index in [9.17, 15) is 0 Å². The molecule has 20 heavy (non-hydrogen) atoms. The van der Waals surface area contributed by atoms with Crippen molar-refractivity contribution in [2.75, 3.05) is 0 Å². The van der Waals surface area contributed by atoms with Crippen LogP contribution in [0.4, 0.5) is 0 Å². The van der Waals surface area contributed by atoms with E-state index in [-0.39, 0.29) is 6.42 Å². The molecule has 0 aromatic carbocycles. The molecule has 0 aliphatic heterocycles. The summed E-state index contributed by atoms with van der Waals surface area (Å²) in [5.74, 6) is 0. The Morgan fingerprint density at radius 1 is 1.35 bits per heavy atom. The van der Waals surface area contributed by atoms with E-state index in [0.717, 1.165) is 22.3 Å². The molecule has 3 aromatic heterocycles. The molecular formula is C13H9N7. The highest BCUT2D eigenvalue weighted by atomic mass is 15.3. The first-order chi connectivity index (χ1) is 9.83. The fraction of sp³-hybridized carbons (Fsp3) is 0.154. The maximum atomic E-state index is 9.04. The van der Waals surface area contributed by atoms with Gasteiger partial charge < -0.3 is 4.98 Å². The van der Waals surface area contributed by atoms with Gasteiger partial charge in [-0.3, -0.25) is 4.68 Å². The molecular weight excluding hydrogens is 254 g/mol. The van der Waals surface area contributed by atoms with Crippen molar-refractivity contribution in [2.24, 2.45) is 0 Å². The lowest BCUT2D eigenvalue weighted by Gasteiger charge is -2.03. The van der Waals surface area contributed by atoms with Crippen molar-refractivity contribution in [3.05, 3.63) is 31.0 Å². The van der Waals surface area contributed by atoms with E-state index in [2.05, 4.69) is 26.1 Å². The van der Waals surface area contributed by atoms with Gasteiger partial charge in [-0.05, 0) is 6.07 Å². The van der Waals surface area contributed by atoms with E-state index in [1.807, 2.05) is 12.1 Å². The molecule has 3 heterocycles. The molecule has 0 bridgehead atoms. The fourth-order valence-corrected chi connectivity index (χ4v) is 2.02. The molecule has 7 heteroatoms. The van der Waals surface area contributed by atoms with Gasteiger partial charge in [0.05, 0.1) is 30.5 Å². The summed E-state index contributed by atoms with van der Waals surface area (Å²) < 4.78 is 1.49. The third kappa shape index (κ3) is 1.88. The molecule has 96 valence electrons. The van der Waals surface area contributed by atoms with E-state index in [1.54, 1.807) is 18.6 Å². The van der Waals surface area contributed by atoms with E-state index < -0.39 is 6.04 Å². The Bertz CT molecular complexity index is 830. The zero-order chi connectivity index (χ0) is 13.9. The molecule has 0 saturated carbocycles. The Hall–Kier alpha value is -3.19. The van der Waals surface area contributed by atoms with Gasteiger partial charge in [-0.15, -0.1) is 0 Å². The number of fused-ring (bicyclic) bond motifs is 1. The summed E-state index contributed by atoms with van der Waals surface area (Å²) in [6.07, 6.45) is 6.72. The van der Waals surface area contributed by atoms with Crippen LogP contribution in [0.5, 0.6) is 0 Å². The van der Waals surface area contributed by atoms with Gasteiger partial charge in [0.15, 0.2) is 6.04 Å². The molecule has 1 atom stereocenters. The fourth-order valence-electron chi connectivity index (χ4n) is 2.02. The first-order valence-corrected chi connectivity index (χ1v) is 5.92. The van der Waals surface area contributed by atoms with Gasteiger partial charge in [-0.25, -0.2) is 9.97 Å². The number of nitriles is 2. The number of hydrogen-bond donors (Lipinski definition) is 1. The Kier molecular flexibility index (Phi) is 2.86. The van der Waals surface area contributed by atoms with Crippen LogP contribution in [-0.4, -0.2) is 24.7 Å². The number of nitrogens with one attached hydrogen (secondary N) is 1. The SMILES string of the molecule is N#CCC(C#N)n1cc(-c2ncnc3[nH]ccc23)cn1. The van der Waals surface area contributed by atoms with Crippen LogP contribution in [0.25, 0.3) is 22.3 Å². The van der Waals surface area contributed by atoms with Gasteiger partial charge in [0.2, 0.25) is 0 Å². The van der Waals surface area contributed by atoms with Gasteiger partial charge in [-0.1, -0.05) is 0 Å². The predicted molar refractivity (Wildman–Crippen MR) is 70.0 cm³/mol. The smallest absolute Gasteiger partial charge is 0.151 e. The molecule has 0 aliphatic rings. The molecule has 3 aromatic rings. The highest BCUT2D eigenvalue weighted by Crippen LogP contribution is 2.25. The maximum absolute atomic E-state index is 9.04. The molecule has 0 amide bonds. The average molecular weight is 263 g/mol. The second-order valence-corrected chi connectivity index (χ2v) is 4.18. The minimum atomic E-state index is -0.586. The lowest BCUT2D eigenvalue weighted by Crippen LogP contribution is -2.06. The van der Waals surface area contributed by atoms with E-state index >= 15 is 0 Å². The highest BCUT2D eigenvalue weighted by Gasteiger charge is 2.14. The van der Waals surface area contributed by atoms with Gasteiger partial charge in [0, 0.05) is 23.3 Å². The van der Waals surface area contributed by atoms with Crippen LogP contribution in [0, 0.1) is 22.7 Å². The third-order valence-electron chi connectivity index (χ3n) is 2.98. The number of nitrogens with zero attached hydrogens (tertiary/aromatic N) is 6. The average Bonchev–Trinajstić information content (AvgIpc) is 3.12. The van der Waals surface area contributed by atoms with Crippen LogP contribution in [0.1, 0.15) is 12.5 Å². The normalized spacial score (nSPS) is 11.9. The Morgan fingerprint density at radius 3 is 3.05 bits per heavy atom. The molecule has 7 nitrogen and oxygen atoms in total. The number of rotatable bonds is 3. The van der Waals surface area contributed by atoms with Crippen LogP contribution >= 0.6 is 0 Å². The van der Waals surface area contributed by atoms with Crippen molar-refractivity contribution >= 4 is 11.0 Å². The molecule has 1 N–H and O–H groups in total. The third-order valence-corrected chi connectivity index (χ3v) is 2.98. The minimum Gasteiger partial charge on any atom is -0.346 e. The summed E-state index contributed by atoms with van der Waals surface area (Å²) in [5.41, 5.74) is 2.28. The van der Waals surface area contributed by atoms with Crippen molar-refractivity contribution in [3.63, 3.8) is 0 Å². The largest absolute Gasteiger partial charge is 0.346 e. The summed E-state index contributed by atoms with van der Waals surface area (Å²) in [6, 6.07) is 5.34. The topological polar surface area (TPSA) is 107 Å². The van der Waals surface area contributed by atoms with Crippen molar-refractivity contribution < 1.29 is 0 Å². The van der Waals surface area contributed by atoms with Crippen LogP contribution in [-0.2, 0) is 0 Å². The molecule has 1 unspecified atom stereocenters. The van der Waals surface area contributed by atoms with Crippen molar-refractivity contribution in [1.29, 1.82) is 10.5 Å². The molecule has 0 spiro atoms. The maximum Gasteiger partial charge on any atom is 0.151 e. The zero-order valence-electron chi connectivity index (χ0n) is 10.4. The summed E-state index contributed by atoms with van der Waals surface area (Å²) in [7, 11) is 0. The van der Waals surface area contributed by atoms with Crippen LogP contribution in [0.3, 0.4) is 0 Å². The molecule has 0 saturated heterocycles. The monoisotopic (exact) mass is 263 g/mol. The number of aromatic amines is 1. The quantitative estimate of drug-likeness (QED) is 0.775. The van der Waals surface area contributed by atoms with Crippen molar-refractivity contribution in [2.45, 2.75) is 12.5 Å². The van der Waals surface area contributed by atoms with Crippen LogP contribution < -0.4 is 0 Å². The summed E-state index contributed by atoms with van der Waals surface area (Å²) in [6.45, 7) is 0. The second kappa shape index (κ2) is 4.82. The van der Waals surface area contributed by atoms with Gasteiger partial charge in [0.25, 0.3) is 0 Å². The number of H-pyrrole nitrogens is 1. The zero-order valence-corrected chi connectivity index (χ0v) is 10.4. The summed E-state index contributed by atoms with van der Waals surface area (Å²) in [4.78, 5) is 11.4. The number of aromatic nitrogens is 5. The Balaban J connectivity index is 2.04. The van der Waals surface area contributed by atoms with E-state index in [4.69, 9.17) is 10.5 Å². The second-order valence-electron chi connectivity index (χ2n) is 4.18. The van der Waals surface area contributed by atoms with Gasteiger partial charge in [-0.2, -0.15) is 15.6 Å². The first-order valence-electron chi connectivity index (χ1n) is 5.92. The highest BCUT2D eigenvalue weighted by molar-refractivity contribution is 5.89.